The van der Waals surface area contributed by atoms with Gasteiger partial charge >= 0.3 is 0 Å². The summed E-state index contributed by atoms with van der Waals surface area (Å²) < 4.78 is 5.62. The summed E-state index contributed by atoms with van der Waals surface area (Å²) in [7, 11) is 1.60. The molecule has 0 unspecified atom stereocenters. The molecule has 0 fully saturated rings. The van der Waals surface area contributed by atoms with Crippen LogP contribution < -0.4 is 4.90 Å². The number of hydrogen-bond donors (Lipinski definition) is 1. The molecule has 1 rings (SSSR count). The largest absolute Gasteiger partial charge is 0.395 e. The molecule has 7 heteroatoms. The number of halogens is 1. The fourth-order valence-electron chi connectivity index (χ4n) is 1.54. The maximum atomic E-state index is 10.6. The summed E-state index contributed by atoms with van der Waals surface area (Å²) in [6, 6.07) is 4.55. The summed E-state index contributed by atoms with van der Waals surface area (Å²) in [4.78, 5) is 12.1. The SMILES string of the molecule is COCCN(CCO)c1ccc([N+](=O)[O-])cc1Br. The Morgan fingerprint density at radius 2 is 2.22 bits per heavy atom. The maximum Gasteiger partial charge on any atom is 0.270 e. The van der Waals surface area contributed by atoms with Gasteiger partial charge in [0.1, 0.15) is 0 Å². The van der Waals surface area contributed by atoms with Crippen LogP contribution in [0.5, 0.6) is 0 Å². The first kappa shape index (κ1) is 14.9. The smallest absolute Gasteiger partial charge is 0.270 e. The van der Waals surface area contributed by atoms with Gasteiger partial charge < -0.3 is 14.7 Å². The van der Waals surface area contributed by atoms with E-state index in [1.54, 1.807) is 13.2 Å². The fourth-order valence-corrected chi connectivity index (χ4v) is 2.16. The van der Waals surface area contributed by atoms with Gasteiger partial charge in [-0.3, -0.25) is 10.1 Å². The molecule has 0 spiro atoms. The summed E-state index contributed by atoms with van der Waals surface area (Å²) >= 11 is 3.31. The molecule has 18 heavy (non-hydrogen) atoms. The third-order valence-electron chi connectivity index (χ3n) is 2.42. The van der Waals surface area contributed by atoms with Crippen LogP contribution in [-0.4, -0.2) is 43.4 Å². The Morgan fingerprint density at radius 3 is 2.72 bits per heavy atom. The Morgan fingerprint density at radius 1 is 1.50 bits per heavy atom. The van der Waals surface area contributed by atoms with Gasteiger partial charge in [-0.05, 0) is 22.0 Å². The highest BCUT2D eigenvalue weighted by Crippen LogP contribution is 2.29. The number of hydrogen-bond acceptors (Lipinski definition) is 5. The molecule has 0 saturated heterocycles. The van der Waals surface area contributed by atoms with Crippen LogP contribution in [0.25, 0.3) is 0 Å². The van der Waals surface area contributed by atoms with Gasteiger partial charge in [-0.2, -0.15) is 0 Å². The highest BCUT2D eigenvalue weighted by Gasteiger charge is 2.13. The number of nitro benzene ring substituents is 1. The van der Waals surface area contributed by atoms with E-state index in [9.17, 15) is 10.1 Å². The van der Waals surface area contributed by atoms with Crippen LogP contribution in [-0.2, 0) is 4.74 Å². The average Bonchev–Trinajstić information content (AvgIpc) is 2.34. The molecular weight excluding hydrogens is 304 g/mol. The molecule has 1 N–H and O–H groups in total. The van der Waals surface area contributed by atoms with E-state index in [0.717, 1.165) is 5.69 Å². The molecule has 0 aliphatic heterocycles. The quantitative estimate of drug-likeness (QED) is 0.613. The van der Waals surface area contributed by atoms with Gasteiger partial charge in [0.25, 0.3) is 5.69 Å². The summed E-state index contributed by atoms with van der Waals surface area (Å²) in [5, 5.41) is 19.7. The predicted molar refractivity (Wildman–Crippen MR) is 72.0 cm³/mol. The van der Waals surface area contributed by atoms with Crippen LogP contribution >= 0.6 is 15.9 Å². The van der Waals surface area contributed by atoms with Gasteiger partial charge in [-0.15, -0.1) is 0 Å². The minimum Gasteiger partial charge on any atom is -0.395 e. The van der Waals surface area contributed by atoms with Crippen LogP contribution in [0, 0.1) is 10.1 Å². The molecule has 1 aromatic rings. The topological polar surface area (TPSA) is 75.8 Å². The number of nitrogens with zero attached hydrogens (tertiary/aromatic N) is 2. The minimum atomic E-state index is -0.444. The number of benzene rings is 1. The Hall–Kier alpha value is -1.18. The van der Waals surface area contributed by atoms with Crippen molar-refractivity contribution < 1.29 is 14.8 Å². The zero-order valence-electron chi connectivity index (χ0n) is 10.0. The number of nitro groups is 1. The number of aliphatic hydroxyl groups excluding tert-OH is 1. The summed E-state index contributed by atoms with van der Waals surface area (Å²) in [6.07, 6.45) is 0. The number of non-ortho nitro benzene ring substituents is 1. The molecule has 0 saturated carbocycles. The first-order valence-electron chi connectivity index (χ1n) is 5.38. The first-order valence-corrected chi connectivity index (χ1v) is 6.18. The molecule has 0 atom stereocenters. The second-order valence-corrected chi connectivity index (χ2v) is 4.45. The third-order valence-corrected chi connectivity index (χ3v) is 3.05. The minimum absolute atomic E-state index is 0.00709. The van der Waals surface area contributed by atoms with Crippen LogP contribution in [0.4, 0.5) is 11.4 Å². The second-order valence-electron chi connectivity index (χ2n) is 3.60. The number of aliphatic hydroxyl groups is 1. The third kappa shape index (κ3) is 3.94. The van der Waals surface area contributed by atoms with Crippen molar-refractivity contribution in [3.8, 4) is 0 Å². The zero-order valence-corrected chi connectivity index (χ0v) is 11.6. The standard InChI is InChI=1S/C11H15BrN2O4/c1-18-7-5-13(4-6-15)11-3-2-9(14(16)17)8-10(11)12/h2-3,8,15H,4-7H2,1H3. The van der Waals surface area contributed by atoms with Crippen molar-refractivity contribution in [2.45, 2.75) is 0 Å². The van der Waals surface area contributed by atoms with Gasteiger partial charge in [0.15, 0.2) is 0 Å². The molecule has 0 aromatic heterocycles. The molecule has 0 amide bonds. The zero-order chi connectivity index (χ0) is 13.5. The maximum absolute atomic E-state index is 10.6. The van der Waals surface area contributed by atoms with Crippen molar-refractivity contribution in [2.75, 3.05) is 38.3 Å². The molecule has 1 aromatic carbocycles. The Labute approximate surface area is 113 Å². The Bertz CT molecular complexity index is 414. The normalized spacial score (nSPS) is 10.4. The van der Waals surface area contributed by atoms with Crippen LogP contribution in [0.2, 0.25) is 0 Å². The molecule has 0 aliphatic carbocycles. The molecule has 0 bridgehead atoms. The lowest BCUT2D eigenvalue weighted by atomic mass is 10.2. The van der Waals surface area contributed by atoms with Gasteiger partial charge in [-0.25, -0.2) is 0 Å². The first-order chi connectivity index (χ1) is 8.60. The highest BCUT2D eigenvalue weighted by atomic mass is 79.9. The van der Waals surface area contributed by atoms with Crippen LogP contribution in [0.1, 0.15) is 0 Å². The van der Waals surface area contributed by atoms with Gasteiger partial charge in [0.2, 0.25) is 0 Å². The number of anilines is 1. The van der Waals surface area contributed by atoms with Gasteiger partial charge in [0, 0.05) is 36.8 Å². The number of rotatable bonds is 7. The van der Waals surface area contributed by atoms with Crippen LogP contribution in [0.3, 0.4) is 0 Å². The average molecular weight is 319 g/mol. The molecule has 100 valence electrons. The second kappa shape index (κ2) is 7.30. The molecule has 0 radical (unpaired) electrons. The lowest BCUT2D eigenvalue weighted by molar-refractivity contribution is -0.384. The van der Waals surface area contributed by atoms with E-state index >= 15 is 0 Å². The van der Waals surface area contributed by atoms with Gasteiger partial charge in [-0.1, -0.05) is 0 Å². The monoisotopic (exact) mass is 318 g/mol. The van der Waals surface area contributed by atoms with E-state index in [-0.39, 0.29) is 12.3 Å². The van der Waals surface area contributed by atoms with Crippen LogP contribution in [0.15, 0.2) is 22.7 Å². The van der Waals surface area contributed by atoms with E-state index in [0.29, 0.717) is 24.2 Å². The van der Waals surface area contributed by atoms with E-state index in [4.69, 9.17) is 9.84 Å². The van der Waals surface area contributed by atoms with Gasteiger partial charge in [0.05, 0.1) is 23.8 Å². The molecule has 0 heterocycles. The van der Waals surface area contributed by atoms with E-state index < -0.39 is 4.92 Å². The van der Waals surface area contributed by atoms with Crippen molar-refractivity contribution in [3.63, 3.8) is 0 Å². The Balaban J connectivity index is 2.93. The molecular formula is C11H15BrN2O4. The summed E-state index contributed by atoms with van der Waals surface area (Å²) in [5.41, 5.74) is 0.827. The van der Waals surface area contributed by atoms with Crippen molar-refractivity contribution >= 4 is 27.3 Å². The van der Waals surface area contributed by atoms with Crippen molar-refractivity contribution in [2.24, 2.45) is 0 Å². The molecule has 6 nitrogen and oxygen atoms in total. The summed E-state index contributed by atoms with van der Waals surface area (Å²) in [6.45, 7) is 1.57. The lowest BCUT2D eigenvalue weighted by Crippen LogP contribution is -2.30. The van der Waals surface area contributed by atoms with E-state index in [2.05, 4.69) is 15.9 Å². The summed E-state index contributed by atoms with van der Waals surface area (Å²) in [5.74, 6) is 0. The Kier molecular flexibility index (Phi) is 6.03. The fraction of sp³-hybridized carbons (Fsp3) is 0.455. The number of ether oxygens (including phenoxy) is 1. The number of methoxy groups -OCH3 is 1. The van der Waals surface area contributed by atoms with Crippen molar-refractivity contribution in [1.82, 2.24) is 0 Å². The lowest BCUT2D eigenvalue weighted by Gasteiger charge is -2.24. The van der Waals surface area contributed by atoms with E-state index in [1.807, 2.05) is 4.90 Å². The highest BCUT2D eigenvalue weighted by molar-refractivity contribution is 9.10. The molecule has 0 aliphatic rings. The predicted octanol–water partition coefficient (Wildman–Crippen LogP) is 1.80. The van der Waals surface area contributed by atoms with E-state index in [1.165, 1.54) is 12.1 Å². The van der Waals surface area contributed by atoms with Crippen molar-refractivity contribution in [1.29, 1.82) is 0 Å². The van der Waals surface area contributed by atoms with Crippen molar-refractivity contribution in [3.05, 3.63) is 32.8 Å².